The smallest absolute Gasteiger partial charge is 0.236 e. The Hall–Kier alpha value is -2.39. The molecule has 0 aromatic carbocycles. The molecule has 0 atom stereocenters. The molecular formula is C13H11ClN6O2S. The average Bonchev–Trinajstić information content (AvgIpc) is 3.20. The van der Waals surface area contributed by atoms with E-state index >= 15 is 0 Å². The van der Waals surface area contributed by atoms with Crippen LogP contribution in [0.2, 0.25) is 5.02 Å². The van der Waals surface area contributed by atoms with Crippen molar-refractivity contribution in [1.82, 2.24) is 25.2 Å². The molecule has 3 heterocycles. The maximum absolute atomic E-state index is 11.9. The second-order valence-corrected chi connectivity index (χ2v) is 5.78. The number of rotatable bonds is 6. The quantitative estimate of drug-likeness (QED) is 0.679. The van der Waals surface area contributed by atoms with Crippen LogP contribution in [0.1, 0.15) is 5.76 Å². The van der Waals surface area contributed by atoms with Crippen molar-refractivity contribution >= 4 is 35.1 Å². The molecule has 10 heteroatoms. The fourth-order valence-electron chi connectivity index (χ4n) is 1.71. The van der Waals surface area contributed by atoms with Crippen molar-refractivity contribution in [3.05, 3.63) is 47.5 Å². The lowest BCUT2D eigenvalue weighted by Gasteiger charge is -2.04. The number of carbonyl (C=O) groups is 1. The number of nitrogens with one attached hydrogen (secondary N) is 1. The number of pyridine rings is 1. The summed E-state index contributed by atoms with van der Waals surface area (Å²) in [4.78, 5) is 15.9. The van der Waals surface area contributed by atoms with Gasteiger partial charge in [0, 0.05) is 6.20 Å². The largest absolute Gasteiger partial charge is 0.467 e. The van der Waals surface area contributed by atoms with Gasteiger partial charge in [-0.1, -0.05) is 23.4 Å². The molecule has 0 aliphatic carbocycles. The molecule has 0 aliphatic rings. The summed E-state index contributed by atoms with van der Waals surface area (Å²) in [5, 5.41) is 15.1. The molecule has 3 aromatic heterocycles. The van der Waals surface area contributed by atoms with Crippen molar-refractivity contribution < 1.29 is 9.21 Å². The molecule has 0 radical (unpaired) electrons. The topological polar surface area (TPSA) is 98.7 Å². The first kappa shape index (κ1) is 15.5. The summed E-state index contributed by atoms with van der Waals surface area (Å²) in [7, 11) is 0. The lowest BCUT2D eigenvalue weighted by Crippen LogP contribution is -2.15. The normalized spacial score (nSPS) is 10.7. The first-order valence-electron chi connectivity index (χ1n) is 6.53. The van der Waals surface area contributed by atoms with Gasteiger partial charge in [0.2, 0.25) is 11.1 Å². The fraction of sp³-hybridized carbons (Fsp3) is 0.154. The number of aromatic nitrogens is 5. The molecule has 3 aromatic rings. The van der Waals surface area contributed by atoms with Crippen molar-refractivity contribution in [3.63, 3.8) is 0 Å². The molecule has 0 unspecified atom stereocenters. The van der Waals surface area contributed by atoms with Gasteiger partial charge in [-0.2, -0.15) is 0 Å². The Bertz CT molecular complexity index is 774. The van der Waals surface area contributed by atoms with Gasteiger partial charge in [0.25, 0.3) is 0 Å². The molecule has 0 bridgehead atoms. The van der Waals surface area contributed by atoms with Crippen molar-refractivity contribution in [2.45, 2.75) is 11.7 Å². The SMILES string of the molecule is O=C(CSc1nnnn1Cc1ccco1)Nc1ccc(Cl)cn1. The summed E-state index contributed by atoms with van der Waals surface area (Å²) in [6.45, 7) is 0.405. The minimum Gasteiger partial charge on any atom is -0.467 e. The number of thioether (sulfide) groups is 1. The third kappa shape index (κ3) is 4.30. The highest BCUT2D eigenvalue weighted by Crippen LogP contribution is 2.16. The second-order valence-electron chi connectivity index (χ2n) is 4.40. The summed E-state index contributed by atoms with van der Waals surface area (Å²) in [5.41, 5.74) is 0. The van der Waals surface area contributed by atoms with Gasteiger partial charge in [-0.3, -0.25) is 4.79 Å². The average molecular weight is 351 g/mol. The van der Waals surface area contributed by atoms with E-state index in [1.54, 1.807) is 29.1 Å². The molecule has 23 heavy (non-hydrogen) atoms. The van der Waals surface area contributed by atoms with Gasteiger partial charge in [0.05, 0.1) is 17.0 Å². The fourth-order valence-corrected chi connectivity index (χ4v) is 2.50. The highest BCUT2D eigenvalue weighted by Gasteiger charge is 2.11. The third-order valence-corrected chi connectivity index (χ3v) is 3.89. The monoisotopic (exact) mass is 350 g/mol. The first-order valence-corrected chi connectivity index (χ1v) is 7.90. The number of amides is 1. The van der Waals surface area contributed by atoms with E-state index in [1.165, 1.54) is 18.0 Å². The Morgan fingerprint density at radius 2 is 2.30 bits per heavy atom. The summed E-state index contributed by atoms with van der Waals surface area (Å²) < 4.78 is 6.82. The summed E-state index contributed by atoms with van der Waals surface area (Å²) >= 11 is 6.97. The number of carbonyl (C=O) groups excluding carboxylic acids is 1. The zero-order valence-electron chi connectivity index (χ0n) is 11.7. The molecule has 0 saturated carbocycles. The van der Waals surface area contributed by atoms with E-state index in [0.29, 0.717) is 22.5 Å². The van der Waals surface area contributed by atoms with Crippen LogP contribution in [0, 0.1) is 0 Å². The number of tetrazole rings is 1. The van der Waals surface area contributed by atoms with Crippen LogP contribution in [0.4, 0.5) is 5.82 Å². The molecule has 8 nitrogen and oxygen atoms in total. The van der Waals surface area contributed by atoms with Crippen LogP contribution < -0.4 is 5.32 Å². The zero-order chi connectivity index (χ0) is 16.1. The van der Waals surface area contributed by atoms with Gasteiger partial charge in [-0.25, -0.2) is 9.67 Å². The van der Waals surface area contributed by atoms with E-state index in [2.05, 4.69) is 25.8 Å². The molecule has 3 rings (SSSR count). The molecule has 0 saturated heterocycles. The molecule has 0 fully saturated rings. The predicted molar refractivity (Wildman–Crippen MR) is 84.2 cm³/mol. The van der Waals surface area contributed by atoms with Crippen LogP contribution in [-0.2, 0) is 11.3 Å². The number of furan rings is 1. The van der Waals surface area contributed by atoms with Crippen LogP contribution in [0.15, 0.2) is 46.3 Å². The lowest BCUT2D eigenvalue weighted by molar-refractivity contribution is -0.113. The summed E-state index contributed by atoms with van der Waals surface area (Å²) in [6, 6.07) is 6.90. The Labute approximate surface area is 140 Å². The molecular weight excluding hydrogens is 340 g/mol. The third-order valence-electron chi connectivity index (χ3n) is 2.71. The predicted octanol–water partition coefficient (Wildman–Crippen LogP) is 2.09. The number of hydrogen-bond acceptors (Lipinski definition) is 7. The molecule has 0 aliphatic heterocycles. The van der Waals surface area contributed by atoms with E-state index in [1.807, 2.05) is 6.07 Å². The zero-order valence-corrected chi connectivity index (χ0v) is 13.3. The van der Waals surface area contributed by atoms with Crippen molar-refractivity contribution in [2.75, 3.05) is 11.1 Å². The van der Waals surface area contributed by atoms with Gasteiger partial charge in [0.15, 0.2) is 0 Å². The van der Waals surface area contributed by atoms with E-state index < -0.39 is 0 Å². The molecule has 1 amide bonds. The molecule has 0 spiro atoms. The van der Waals surface area contributed by atoms with Crippen LogP contribution >= 0.6 is 23.4 Å². The Morgan fingerprint density at radius 3 is 3.04 bits per heavy atom. The highest BCUT2D eigenvalue weighted by molar-refractivity contribution is 7.99. The number of nitrogens with zero attached hydrogens (tertiary/aromatic N) is 5. The minimum absolute atomic E-state index is 0.156. The standard InChI is InChI=1S/C13H11ClN6O2S/c14-9-3-4-11(15-6-9)16-12(21)8-23-13-17-18-19-20(13)7-10-2-1-5-22-10/h1-6H,7-8H2,(H,15,16,21). The Balaban J connectivity index is 1.55. The Kier molecular flexibility index (Phi) is 4.89. The first-order chi connectivity index (χ1) is 11.2. The molecule has 118 valence electrons. The summed E-state index contributed by atoms with van der Waals surface area (Å²) in [5.74, 6) is 1.12. The van der Waals surface area contributed by atoms with Gasteiger partial charge in [-0.15, -0.1) is 5.10 Å². The van der Waals surface area contributed by atoms with Crippen LogP contribution in [0.5, 0.6) is 0 Å². The maximum atomic E-state index is 11.9. The number of anilines is 1. The van der Waals surface area contributed by atoms with Crippen LogP contribution in [0.25, 0.3) is 0 Å². The van der Waals surface area contributed by atoms with E-state index in [4.69, 9.17) is 16.0 Å². The lowest BCUT2D eigenvalue weighted by atomic mass is 10.4. The van der Waals surface area contributed by atoms with Crippen molar-refractivity contribution in [3.8, 4) is 0 Å². The minimum atomic E-state index is -0.211. The van der Waals surface area contributed by atoms with Crippen LogP contribution in [-0.4, -0.2) is 36.9 Å². The van der Waals surface area contributed by atoms with E-state index in [0.717, 1.165) is 5.76 Å². The van der Waals surface area contributed by atoms with Crippen molar-refractivity contribution in [1.29, 1.82) is 0 Å². The molecule has 1 N–H and O–H groups in total. The van der Waals surface area contributed by atoms with Gasteiger partial charge in [0.1, 0.15) is 18.1 Å². The van der Waals surface area contributed by atoms with Gasteiger partial charge < -0.3 is 9.73 Å². The second kappa shape index (κ2) is 7.25. The van der Waals surface area contributed by atoms with Crippen molar-refractivity contribution in [2.24, 2.45) is 0 Å². The maximum Gasteiger partial charge on any atom is 0.236 e. The van der Waals surface area contributed by atoms with Gasteiger partial charge >= 0.3 is 0 Å². The Morgan fingerprint density at radius 1 is 1.39 bits per heavy atom. The van der Waals surface area contributed by atoms with E-state index in [9.17, 15) is 4.79 Å². The number of hydrogen-bond donors (Lipinski definition) is 1. The highest BCUT2D eigenvalue weighted by atomic mass is 35.5. The number of halogens is 1. The van der Waals surface area contributed by atoms with Gasteiger partial charge in [-0.05, 0) is 34.7 Å². The van der Waals surface area contributed by atoms with Crippen LogP contribution in [0.3, 0.4) is 0 Å². The van der Waals surface area contributed by atoms with E-state index in [-0.39, 0.29) is 11.7 Å². The summed E-state index contributed by atoms with van der Waals surface area (Å²) in [6.07, 6.45) is 3.05.